The van der Waals surface area contributed by atoms with Crippen molar-refractivity contribution in [2.45, 2.75) is 25.5 Å². The topological polar surface area (TPSA) is 88.9 Å². The fraction of sp³-hybridized carbons (Fsp3) is 0.200. The second-order valence-corrected chi connectivity index (χ2v) is 7.07. The second kappa shape index (κ2) is 9.33. The Labute approximate surface area is 171 Å². The standard InChI is InChI=1S/C20H20FN5O2S/c1-3-26-19(14-8-10-15(11-9-14)22-13(2)27)24-25-20(26)29-12-18(28)23-17-7-5-4-6-16(17)21/h4-11H,3,12H2,1-2H3,(H,22,27)(H,23,28). The summed E-state index contributed by atoms with van der Waals surface area (Å²) in [6.07, 6.45) is 0. The van der Waals surface area contributed by atoms with Gasteiger partial charge in [-0.2, -0.15) is 0 Å². The molecule has 7 nitrogen and oxygen atoms in total. The summed E-state index contributed by atoms with van der Waals surface area (Å²) < 4.78 is 15.5. The lowest BCUT2D eigenvalue weighted by molar-refractivity contribution is -0.114. The van der Waals surface area contributed by atoms with Crippen LogP contribution in [0.1, 0.15) is 13.8 Å². The molecule has 0 fully saturated rings. The number of amides is 2. The van der Waals surface area contributed by atoms with E-state index in [0.717, 1.165) is 5.56 Å². The molecule has 2 N–H and O–H groups in total. The predicted octanol–water partition coefficient (Wildman–Crippen LogP) is 3.79. The van der Waals surface area contributed by atoms with Crippen LogP contribution in [0.4, 0.5) is 15.8 Å². The molecule has 0 aliphatic rings. The Kier molecular flexibility index (Phi) is 6.61. The van der Waals surface area contributed by atoms with Gasteiger partial charge in [0.25, 0.3) is 0 Å². The van der Waals surface area contributed by atoms with Crippen LogP contribution in [0.25, 0.3) is 11.4 Å². The van der Waals surface area contributed by atoms with E-state index in [1.165, 1.54) is 30.8 Å². The number of hydrogen-bond acceptors (Lipinski definition) is 5. The molecule has 0 aliphatic carbocycles. The quantitative estimate of drug-likeness (QED) is 0.575. The van der Waals surface area contributed by atoms with Crippen molar-refractivity contribution in [3.63, 3.8) is 0 Å². The van der Waals surface area contributed by atoms with Crippen LogP contribution in [0.2, 0.25) is 0 Å². The minimum absolute atomic E-state index is 0.0773. The van der Waals surface area contributed by atoms with Crippen molar-refractivity contribution in [1.82, 2.24) is 14.8 Å². The van der Waals surface area contributed by atoms with Gasteiger partial charge in [-0.25, -0.2) is 4.39 Å². The number of anilines is 2. The summed E-state index contributed by atoms with van der Waals surface area (Å²) >= 11 is 1.23. The first-order valence-electron chi connectivity index (χ1n) is 8.96. The Morgan fingerprint density at radius 2 is 1.79 bits per heavy atom. The van der Waals surface area contributed by atoms with E-state index >= 15 is 0 Å². The summed E-state index contributed by atoms with van der Waals surface area (Å²) in [6.45, 7) is 4.03. The highest BCUT2D eigenvalue weighted by molar-refractivity contribution is 7.99. The zero-order valence-electron chi connectivity index (χ0n) is 16.0. The van der Waals surface area contributed by atoms with Crippen LogP contribution in [0.5, 0.6) is 0 Å². The number of thioether (sulfide) groups is 1. The molecule has 9 heteroatoms. The largest absolute Gasteiger partial charge is 0.326 e. The number of hydrogen-bond donors (Lipinski definition) is 2. The molecule has 1 heterocycles. The zero-order valence-corrected chi connectivity index (χ0v) is 16.8. The number of carbonyl (C=O) groups is 2. The molecule has 150 valence electrons. The molecule has 0 bridgehead atoms. The van der Waals surface area contributed by atoms with Crippen LogP contribution in [0.3, 0.4) is 0 Å². The Morgan fingerprint density at radius 3 is 2.45 bits per heavy atom. The lowest BCUT2D eigenvalue weighted by Gasteiger charge is -2.09. The average molecular weight is 413 g/mol. The Hall–Kier alpha value is -3.20. The molecule has 0 aliphatic heterocycles. The van der Waals surface area contributed by atoms with E-state index in [2.05, 4.69) is 20.8 Å². The van der Waals surface area contributed by atoms with Gasteiger partial charge in [-0.3, -0.25) is 9.59 Å². The Morgan fingerprint density at radius 1 is 1.07 bits per heavy atom. The van der Waals surface area contributed by atoms with Gasteiger partial charge >= 0.3 is 0 Å². The van der Waals surface area contributed by atoms with E-state index in [1.54, 1.807) is 24.3 Å². The number of rotatable bonds is 7. The van der Waals surface area contributed by atoms with Crippen molar-refractivity contribution in [2.24, 2.45) is 0 Å². The lowest BCUT2D eigenvalue weighted by Crippen LogP contribution is -2.15. The molecule has 0 spiro atoms. The average Bonchev–Trinajstić information content (AvgIpc) is 3.11. The molecule has 2 aromatic carbocycles. The summed E-state index contributed by atoms with van der Waals surface area (Å²) in [7, 11) is 0. The molecule has 3 rings (SSSR count). The molecule has 3 aromatic rings. The Balaban J connectivity index is 1.68. The van der Waals surface area contributed by atoms with Crippen molar-refractivity contribution in [2.75, 3.05) is 16.4 Å². The van der Waals surface area contributed by atoms with Crippen molar-refractivity contribution >= 4 is 35.0 Å². The fourth-order valence-electron chi connectivity index (χ4n) is 2.68. The third kappa shape index (κ3) is 5.20. The maximum Gasteiger partial charge on any atom is 0.234 e. The number of para-hydroxylation sites is 1. The normalized spacial score (nSPS) is 10.6. The lowest BCUT2D eigenvalue weighted by atomic mass is 10.2. The molecule has 2 amide bonds. The van der Waals surface area contributed by atoms with Crippen LogP contribution in [-0.2, 0) is 16.1 Å². The van der Waals surface area contributed by atoms with Gasteiger partial charge in [-0.15, -0.1) is 10.2 Å². The highest BCUT2D eigenvalue weighted by Gasteiger charge is 2.15. The minimum Gasteiger partial charge on any atom is -0.326 e. The maximum atomic E-state index is 13.7. The molecule has 1 aromatic heterocycles. The van der Waals surface area contributed by atoms with Crippen molar-refractivity contribution in [3.05, 3.63) is 54.3 Å². The SMILES string of the molecule is CCn1c(SCC(=O)Nc2ccccc2F)nnc1-c1ccc(NC(C)=O)cc1. The van der Waals surface area contributed by atoms with Crippen LogP contribution in [0.15, 0.2) is 53.7 Å². The van der Waals surface area contributed by atoms with Crippen LogP contribution < -0.4 is 10.6 Å². The van der Waals surface area contributed by atoms with Gasteiger partial charge in [-0.1, -0.05) is 23.9 Å². The first-order valence-corrected chi connectivity index (χ1v) is 9.95. The molecule has 0 unspecified atom stereocenters. The monoisotopic (exact) mass is 413 g/mol. The van der Waals surface area contributed by atoms with Gasteiger partial charge in [0, 0.05) is 24.7 Å². The van der Waals surface area contributed by atoms with Gasteiger partial charge in [0.05, 0.1) is 11.4 Å². The van der Waals surface area contributed by atoms with E-state index in [0.29, 0.717) is 23.2 Å². The van der Waals surface area contributed by atoms with E-state index in [1.807, 2.05) is 23.6 Å². The fourth-order valence-corrected chi connectivity index (χ4v) is 3.48. The molecule has 0 radical (unpaired) electrons. The summed E-state index contributed by atoms with van der Waals surface area (Å²) in [5, 5.41) is 14.3. The molecular formula is C20H20FN5O2S. The van der Waals surface area contributed by atoms with Crippen molar-refractivity contribution in [3.8, 4) is 11.4 Å². The third-order valence-electron chi connectivity index (χ3n) is 3.98. The first kappa shape index (κ1) is 20.5. The number of nitrogens with one attached hydrogen (secondary N) is 2. The van der Waals surface area contributed by atoms with Crippen LogP contribution in [-0.4, -0.2) is 32.3 Å². The molecule has 0 saturated heterocycles. The molecule has 0 saturated carbocycles. The van der Waals surface area contributed by atoms with E-state index in [-0.39, 0.29) is 23.3 Å². The van der Waals surface area contributed by atoms with Crippen molar-refractivity contribution < 1.29 is 14.0 Å². The Bertz CT molecular complexity index is 1020. The molecule has 0 atom stereocenters. The van der Waals surface area contributed by atoms with Gasteiger partial charge in [-0.05, 0) is 43.3 Å². The number of carbonyl (C=O) groups excluding carboxylic acids is 2. The maximum absolute atomic E-state index is 13.7. The second-order valence-electron chi connectivity index (χ2n) is 6.13. The summed E-state index contributed by atoms with van der Waals surface area (Å²) in [6, 6.07) is 13.3. The third-order valence-corrected chi connectivity index (χ3v) is 4.94. The van der Waals surface area contributed by atoms with Gasteiger partial charge in [0.15, 0.2) is 11.0 Å². The van der Waals surface area contributed by atoms with Gasteiger partial charge < -0.3 is 15.2 Å². The summed E-state index contributed by atoms with van der Waals surface area (Å²) in [5.74, 6) is -0.200. The van der Waals surface area contributed by atoms with Gasteiger partial charge in [0.1, 0.15) is 5.82 Å². The van der Waals surface area contributed by atoms with Gasteiger partial charge in [0.2, 0.25) is 11.8 Å². The number of halogens is 1. The van der Waals surface area contributed by atoms with E-state index in [9.17, 15) is 14.0 Å². The first-order chi connectivity index (χ1) is 14.0. The molecule has 29 heavy (non-hydrogen) atoms. The highest BCUT2D eigenvalue weighted by atomic mass is 32.2. The van der Waals surface area contributed by atoms with Crippen LogP contribution in [0, 0.1) is 5.82 Å². The predicted molar refractivity (Wildman–Crippen MR) is 111 cm³/mol. The summed E-state index contributed by atoms with van der Waals surface area (Å²) in [5.41, 5.74) is 1.69. The van der Waals surface area contributed by atoms with Crippen molar-refractivity contribution in [1.29, 1.82) is 0 Å². The minimum atomic E-state index is -0.479. The number of aromatic nitrogens is 3. The van der Waals surface area contributed by atoms with Crippen LogP contribution >= 0.6 is 11.8 Å². The smallest absolute Gasteiger partial charge is 0.234 e. The zero-order chi connectivity index (χ0) is 20.8. The van der Waals surface area contributed by atoms with E-state index < -0.39 is 5.82 Å². The molecular weight excluding hydrogens is 393 g/mol. The summed E-state index contributed by atoms with van der Waals surface area (Å²) in [4.78, 5) is 23.3. The number of nitrogens with zero attached hydrogens (tertiary/aromatic N) is 3. The number of benzene rings is 2. The highest BCUT2D eigenvalue weighted by Crippen LogP contribution is 2.25. The van der Waals surface area contributed by atoms with E-state index in [4.69, 9.17) is 0 Å².